The first-order valence-corrected chi connectivity index (χ1v) is 6.95. The summed E-state index contributed by atoms with van der Waals surface area (Å²) in [6, 6.07) is -0.491. The van der Waals surface area contributed by atoms with Crippen LogP contribution in [0.4, 0.5) is 4.79 Å². The van der Waals surface area contributed by atoms with E-state index in [9.17, 15) is 9.59 Å². The summed E-state index contributed by atoms with van der Waals surface area (Å²) in [7, 11) is 0. The van der Waals surface area contributed by atoms with Gasteiger partial charge in [0.1, 0.15) is 0 Å². The van der Waals surface area contributed by atoms with Crippen LogP contribution in [0, 0.1) is 0 Å². The van der Waals surface area contributed by atoms with Gasteiger partial charge >= 0.3 is 12.0 Å². The first kappa shape index (κ1) is 15.8. The standard InChI is InChI=1S/C13H24N2O4/c1-3-10(8-12(16)17)14-13(18)15-7-5-6-11(9-15)19-4-2/h10-11H,3-9H2,1-2H3,(H,14,18)(H,16,17). The van der Waals surface area contributed by atoms with Gasteiger partial charge in [-0.25, -0.2) is 4.79 Å². The van der Waals surface area contributed by atoms with Crippen LogP contribution < -0.4 is 5.32 Å². The highest BCUT2D eigenvalue weighted by Crippen LogP contribution is 2.13. The third-order valence-corrected chi connectivity index (χ3v) is 3.31. The molecule has 0 aromatic carbocycles. The maximum absolute atomic E-state index is 12.1. The molecule has 0 aromatic heterocycles. The lowest BCUT2D eigenvalue weighted by Gasteiger charge is -2.33. The summed E-state index contributed by atoms with van der Waals surface area (Å²) in [5, 5.41) is 11.5. The number of hydrogen-bond donors (Lipinski definition) is 2. The molecule has 1 fully saturated rings. The molecule has 2 atom stereocenters. The van der Waals surface area contributed by atoms with Gasteiger partial charge in [-0.3, -0.25) is 4.79 Å². The number of rotatable bonds is 6. The molecule has 0 bridgehead atoms. The van der Waals surface area contributed by atoms with E-state index in [4.69, 9.17) is 9.84 Å². The minimum Gasteiger partial charge on any atom is -0.481 e. The Morgan fingerprint density at radius 3 is 2.79 bits per heavy atom. The number of carboxylic acids is 1. The van der Waals surface area contributed by atoms with Crippen LogP contribution in [0.15, 0.2) is 0 Å². The Balaban J connectivity index is 2.45. The fraction of sp³-hybridized carbons (Fsp3) is 0.846. The highest BCUT2D eigenvalue weighted by Gasteiger charge is 2.25. The van der Waals surface area contributed by atoms with Gasteiger partial charge < -0.3 is 20.1 Å². The molecule has 1 aliphatic rings. The number of carbonyl (C=O) groups excluding carboxylic acids is 1. The molecule has 1 heterocycles. The van der Waals surface area contributed by atoms with Gasteiger partial charge in [0.25, 0.3) is 0 Å². The Hall–Kier alpha value is -1.30. The molecule has 1 rings (SSSR count). The van der Waals surface area contributed by atoms with Crippen molar-refractivity contribution in [3.8, 4) is 0 Å². The molecule has 0 spiro atoms. The van der Waals surface area contributed by atoms with E-state index in [2.05, 4.69) is 5.32 Å². The highest BCUT2D eigenvalue weighted by molar-refractivity contribution is 5.76. The second-order valence-corrected chi connectivity index (χ2v) is 4.82. The van der Waals surface area contributed by atoms with Gasteiger partial charge in [-0.05, 0) is 26.2 Å². The lowest BCUT2D eigenvalue weighted by molar-refractivity contribution is -0.137. The second-order valence-electron chi connectivity index (χ2n) is 4.82. The Morgan fingerprint density at radius 1 is 1.47 bits per heavy atom. The topological polar surface area (TPSA) is 78.9 Å². The third kappa shape index (κ3) is 5.46. The number of amides is 2. The van der Waals surface area contributed by atoms with Crippen molar-refractivity contribution in [3.63, 3.8) is 0 Å². The van der Waals surface area contributed by atoms with Gasteiger partial charge in [0, 0.05) is 25.7 Å². The zero-order valence-corrected chi connectivity index (χ0v) is 11.7. The van der Waals surface area contributed by atoms with Crippen molar-refractivity contribution in [2.45, 2.75) is 51.7 Å². The average molecular weight is 272 g/mol. The zero-order chi connectivity index (χ0) is 14.3. The molecule has 19 heavy (non-hydrogen) atoms. The molecule has 110 valence electrons. The van der Waals surface area contributed by atoms with Crippen LogP contribution in [0.1, 0.15) is 39.5 Å². The van der Waals surface area contributed by atoms with Crippen LogP contribution in [0.3, 0.4) is 0 Å². The quantitative estimate of drug-likeness (QED) is 0.767. The van der Waals surface area contributed by atoms with Crippen LogP contribution in [0.25, 0.3) is 0 Å². The van der Waals surface area contributed by atoms with Crippen molar-refractivity contribution < 1.29 is 19.4 Å². The molecular weight excluding hydrogens is 248 g/mol. The van der Waals surface area contributed by atoms with E-state index in [1.165, 1.54) is 0 Å². The van der Waals surface area contributed by atoms with Gasteiger partial charge in [0.2, 0.25) is 0 Å². The van der Waals surface area contributed by atoms with E-state index in [0.717, 1.165) is 12.8 Å². The summed E-state index contributed by atoms with van der Waals surface area (Å²) >= 11 is 0. The fourth-order valence-electron chi connectivity index (χ4n) is 2.27. The first-order valence-electron chi connectivity index (χ1n) is 6.95. The average Bonchev–Trinajstić information content (AvgIpc) is 2.38. The van der Waals surface area contributed by atoms with Crippen molar-refractivity contribution in [1.29, 1.82) is 0 Å². The molecule has 6 nitrogen and oxygen atoms in total. The van der Waals surface area contributed by atoms with Gasteiger partial charge in [-0.15, -0.1) is 0 Å². The Morgan fingerprint density at radius 2 is 2.21 bits per heavy atom. The third-order valence-electron chi connectivity index (χ3n) is 3.31. The van der Waals surface area contributed by atoms with E-state index in [0.29, 0.717) is 26.1 Å². The Bertz CT molecular complexity index is 307. The fourth-order valence-corrected chi connectivity index (χ4v) is 2.27. The highest BCUT2D eigenvalue weighted by atomic mass is 16.5. The number of likely N-dealkylation sites (tertiary alicyclic amines) is 1. The largest absolute Gasteiger partial charge is 0.481 e. The number of hydrogen-bond acceptors (Lipinski definition) is 3. The van der Waals surface area contributed by atoms with Crippen molar-refractivity contribution in [2.75, 3.05) is 19.7 Å². The molecular formula is C13H24N2O4. The smallest absolute Gasteiger partial charge is 0.317 e. The van der Waals surface area contributed by atoms with Gasteiger partial charge in [0.15, 0.2) is 0 Å². The zero-order valence-electron chi connectivity index (χ0n) is 11.7. The number of nitrogens with one attached hydrogen (secondary N) is 1. The Kier molecular flexibility index (Phi) is 6.62. The minimum absolute atomic E-state index is 0.0367. The summed E-state index contributed by atoms with van der Waals surface area (Å²) in [5.74, 6) is -0.891. The maximum Gasteiger partial charge on any atom is 0.317 e. The van der Waals surface area contributed by atoms with Crippen LogP contribution in [-0.2, 0) is 9.53 Å². The molecule has 0 radical (unpaired) electrons. The molecule has 1 saturated heterocycles. The number of ether oxygens (including phenoxy) is 1. The van der Waals surface area contributed by atoms with E-state index < -0.39 is 5.97 Å². The summed E-state index contributed by atoms with van der Waals surface area (Å²) in [5.41, 5.74) is 0. The Labute approximate surface area is 114 Å². The molecule has 6 heteroatoms. The van der Waals surface area contributed by atoms with Crippen LogP contribution in [0.2, 0.25) is 0 Å². The number of carbonyl (C=O) groups is 2. The summed E-state index contributed by atoms with van der Waals surface area (Å²) in [4.78, 5) is 24.5. The summed E-state index contributed by atoms with van der Waals surface area (Å²) in [6.45, 7) is 5.75. The van der Waals surface area contributed by atoms with Gasteiger partial charge in [-0.1, -0.05) is 6.92 Å². The molecule has 2 unspecified atom stereocenters. The van der Waals surface area contributed by atoms with E-state index >= 15 is 0 Å². The van der Waals surface area contributed by atoms with Crippen molar-refractivity contribution in [3.05, 3.63) is 0 Å². The SMILES string of the molecule is CCOC1CCCN(C(=O)NC(CC)CC(=O)O)C1. The van der Waals surface area contributed by atoms with Crippen LogP contribution >= 0.6 is 0 Å². The number of urea groups is 1. The van der Waals surface area contributed by atoms with Crippen LogP contribution in [-0.4, -0.2) is 53.8 Å². The van der Waals surface area contributed by atoms with E-state index in [-0.39, 0.29) is 24.6 Å². The lowest BCUT2D eigenvalue weighted by atomic mass is 10.1. The van der Waals surface area contributed by atoms with E-state index in [1.807, 2.05) is 13.8 Å². The van der Waals surface area contributed by atoms with Gasteiger partial charge in [-0.2, -0.15) is 0 Å². The first-order chi connectivity index (χ1) is 9.06. The molecule has 1 aliphatic heterocycles. The minimum atomic E-state index is -0.891. The monoisotopic (exact) mass is 272 g/mol. The molecule has 0 aliphatic carbocycles. The van der Waals surface area contributed by atoms with Crippen molar-refractivity contribution in [1.82, 2.24) is 10.2 Å². The van der Waals surface area contributed by atoms with Gasteiger partial charge in [0.05, 0.1) is 12.5 Å². The second kappa shape index (κ2) is 7.99. The molecule has 2 N–H and O–H groups in total. The normalized spacial score (nSPS) is 20.9. The summed E-state index contributed by atoms with van der Waals surface area (Å²) < 4.78 is 5.54. The number of aliphatic carboxylic acids is 1. The predicted octanol–water partition coefficient (Wildman–Crippen LogP) is 1.45. The van der Waals surface area contributed by atoms with Crippen molar-refractivity contribution in [2.24, 2.45) is 0 Å². The lowest BCUT2D eigenvalue weighted by Crippen LogP contribution is -2.50. The number of carboxylic acid groups (broad SMARTS) is 1. The maximum atomic E-state index is 12.1. The van der Waals surface area contributed by atoms with Crippen molar-refractivity contribution >= 4 is 12.0 Å². The molecule has 0 aromatic rings. The molecule has 2 amide bonds. The summed E-state index contributed by atoms with van der Waals surface area (Å²) in [6.07, 6.45) is 2.58. The molecule has 0 saturated carbocycles. The van der Waals surface area contributed by atoms with Crippen LogP contribution in [0.5, 0.6) is 0 Å². The number of piperidine rings is 1. The number of nitrogens with zero attached hydrogens (tertiary/aromatic N) is 1. The predicted molar refractivity (Wildman–Crippen MR) is 71.1 cm³/mol. The van der Waals surface area contributed by atoms with E-state index in [1.54, 1.807) is 4.90 Å².